The quantitative estimate of drug-likeness (QED) is 0.801. The topological polar surface area (TPSA) is 102 Å². The van der Waals surface area contributed by atoms with Crippen LogP contribution in [0.2, 0.25) is 0 Å². The third-order valence-corrected chi connectivity index (χ3v) is 4.34. The number of aromatic nitrogens is 1. The number of amides is 1. The Morgan fingerprint density at radius 1 is 1.40 bits per heavy atom. The Balaban J connectivity index is 1.85. The first-order valence-corrected chi connectivity index (χ1v) is 8.07. The van der Waals surface area contributed by atoms with E-state index in [9.17, 15) is 14.7 Å². The molecule has 7 nitrogen and oxygen atoms in total. The van der Waals surface area contributed by atoms with Crippen molar-refractivity contribution < 1.29 is 24.0 Å². The molecule has 1 aromatic heterocycles. The molecule has 0 saturated heterocycles. The lowest BCUT2D eigenvalue weighted by atomic mass is 9.88. The molecule has 3 rings (SSSR count). The normalized spacial score (nSPS) is 16.1. The van der Waals surface area contributed by atoms with Gasteiger partial charge in [0, 0.05) is 12.0 Å². The van der Waals surface area contributed by atoms with Gasteiger partial charge < -0.3 is 19.7 Å². The van der Waals surface area contributed by atoms with Crippen molar-refractivity contribution in [3.63, 3.8) is 0 Å². The first-order valence-electron chi connectivity index (χ1n) is 8.07. The van der Waals surface area contributed by atoms with Gasteiger partial charge in [0.1, 0.15) is 11.5 Å². The van der Waals surface area contributed by atoms with Gasteiger partial charge in [0.2, 0.25) is 0 Å². The van der Waals surface area contributed by atoms with Crippen LogP contribution in [0.4, 0.5) is 0 Å². The Bertz CT molecular complexity index is 796. The maximum Gasteiger partial charge on any atom is 0.306 e. The Labute approximate surface area is 145 Å². The summed E-state index contributed by atoms with van der Waals surface area (Å²) in [4.78, 5) is 23.9. The molecule has 1 atom stereocenters. The van der Waals surface area contributed by atoms with Crippen molar-refractivity contribution in [2.24, 2.45) is 0 Å². The molecule has 1 aliphatic carbocycles. The number of ether oxygens (including phenoxy) is 1. The fourth-order valence-corrected chi connectivity index (χ4v) is 2.76. The number of methoxy groups -OCH3 is 1. The van der Waals surface area contributed by atoms with Crippen LogP contribution in [-0.4, -0.2) is 29.2 Å². The van der Waals surface area contributed by atoms with Gasteiger partial charge in [0.05, 0.1) is 19.1 Å². The van der Waals surface area contributed by atoms with Crippen LogP contribution >= 0.6 is 0 Å². The summed E-state index contributed by atoms with van der Waals surface area (Å²) < 4.78 is 10.4. The van der Waals surface area contributed by atoms with Gasteiger partial charge in [0.25, 0.3) is 5.91 Å². The van der Waals surface area contributed by atoms with Crippen LogP contribution in [0.1, 0.15) is 53.9 Å². The molecule has 0 radical (unpaired) electrons. The van der Waals surface area contributed by atoms with E-state index in [-0.39, 0.29) is 12.1 Å². The number of carbonyl (C=O) groups excluding carboxylic acids is 1. The zero-order chi connectivity index (χ0) is 18.0. The first kappa shape index (κ1) is 17.0. The van der Waals surface area contributed by atoms with E-state index in [1.807, 2.05) is 0 Å². The van der Waals surface area contributed by atoms with Crippen molar-refractivity contribution in [2.75, 3.05) is 7.11 Å². The number of carboxylic acid groups (broad SMARTS) is 1. The lowest BCUT2D eigenvalue weighted by molar-refractivity contribution is -0.138. The summed E-state index contributed by atoms with van der Waals surface area (Å²) in [7, 11) is 1.53. The van der Waals surface area contributed by atoms with Crippen LogP contribution in [0.3, 0.4) is 0 Å². The molecule has 0 aliphatic heterocycles. The second-order valence-electron chi connectivity index (χ2n) is 6.48. The maximum absolute atomic E-state index is 12.6. The van der Waals surface area contributed by atoms with Crippen LogP contribution in [-0.2, 0) is 10.3 Å². The molecule has 25 heavy (non-hydrogen) atoms. The van der Waals surface area contributed by atoms with Crippen LogP contribution in [0, 0.1) is 0 Å². The van der Waals surface area contributed by atoms with E-state index in [1.54, 1.807) is 37.3 Å². The number of rotatable bonds is 7. The van der Waals surface area contributed by atoms with Gasteiger partial charge in [-0.2, -0.15) is 0 Å². The highest BCUT2D eigenvalue weighted by Crippen LogP contribution is 2.40. The van der Waals surface area contributed by atoms with Gasteiger partial charge in [-0.15, -0.1) is 0 Å². The third kappa shape index (κ3) is 3.81. The Morgan fingerprint density at radius 2 is 2.16 bits per heavy atom. The number of hydrogen-bond donors (Lipinski definition) is 2. The van der Waals surface area contributed by atoms with Crippen LogP contribution in [0.5, 0.6) is 5.75 Å². The van der Waals surface area contributed by atoms with Gasteiger partial charge >= 0.3 is 5.97 Å². The fourth-order valence-electron chi connectivity index (χ4n) is 2.76. The van der Waals surface area contributed by atoms with Crippen LogP contribution < -0.4 is 10.1 Å². The molecule has 2 N–H and O–H groups in total. The first-order chi connectivity index (χ1) is 11.9. The summed E-state index contributed by atoms with van der Waals surface area (Å²) in [5, 5.41) is 15.9. The van der Waals surface area contributed by atoms with Gasteiger partial charge in [-0.05, 0) is 37.5 Å². The zero-order valence-electron chi connectivity index (χ0n) is 14.1. The molecule has 0 bridgehead atoms. The van der Waals surface area contributed by atoms with Crippen molar-refractivity contribution in [1.82, 2.24) is 10.5 Å². The number of benzene rings is 1. The minimum atomic E-state index is -1.11. The highest BCUT2D eigenvalue weighted by atomic mass is 16.5. The summed E-state index contributed by atoms with van der Waals surface area (Å²) in [5.41, 5.74) is -0.328. The highest BCUT2D eigenvalue weighted by molar-refractivity contribution is 5.93. The number of hydrogen-bond acceptors (Lipinski definition) is 5. The summed E-state index contributed by atoms with van der Waals surface area (Å²) in [5.74, 6) is 0.136. The van der Waals surface area contributed by atoms with E-state index in [1.165, 1.54) is 7.11 Å². The number of nitrogens with one attached hydrogen (secondary N) is 1. The molecular weight excluding hydrogens is 324 g/mol. The van der Waals surface area contributed by atoms with E-state index in [2.05, 4.69) is 10.5 Å². The molecule has 1 aromatic carbocycles. The summed E-state index contributed by atoms with van der Waals surface area (Å²) in [6.45, 7) is 1.66. The Morgan fingerprint density at radius 3 is 2.80 bits per heavy atom. The van der Waals surface area contributed by atoms with Gasteiger partial charge in [-0.3, -0.25) is 9.59 Å². The number of nitrogens with zero attached hydrogens (tertiary/aromatic N) is 1. The largest absolute Gasteiger partial charge is 0.497 e. The Kier molecular flexibility index (Phi) is 4.48. The van der Waals surface area contributed by atoms with Crippen LogP contribution in [0.25, 0.3) is 0 Å². The lowest BCUT2D eigenvalue weighted by Gasteiger charge is -2.29. The average Bonchev–Trinajstić information content (AvgIpc) is 3.31. The second kappa shape index (κ2) is 6.58. The van der Waals surface area contributed by atoms with Crippen molar-refractivity contribution in [3.8, 4) is 5.75 Å². The maximum atomic E-state index is 12.6. The standard InChI is InChI=1S/C18H20N2O5/c1-18(10-16(21)22,12-4-3-5-13(8-12)24-2)19-17(23)14-9-15(25-20-14)11-6-7-11/h3-5,8-9,11H,6-7,10H2,1-2H3,(H,19,23)(H,21,22). The molecule has 1 aliphatic rings. The van der Waals surface area contributed by atoms with Gasteiger partial charge in [0.15, 0.2) is 5.69 Å². The molecule has 7 heteroatoms. The van der Waals surface area contributed by atoms with E-state index in [4.69, 9.17) is 9.26 Å². The fraction of sp³-hybridized carbons (Fsp3) is 0.389. The number of carbonyl (C=O) groups is 2. The molecule has 2 aromatic rings. The summed E-state index contributed by atoms with van der Waals surface area (Å²) >= 11 is 0. The number of carboxylic acids is 1. The minimum absolute atomic E-state index is 0.154. The van der Waals surface area contributed by atoms with E-state index in [0.29, 0.717) is 23.0 Å². The SMILES string of the molecule is COc1cccc(C(C)(CC(=O)O)NC(=O)c2cc(C3CC3)on2)c1. The molecule has 1 saturated carbocycles. The van der Waals surface area contributed by atoms with E-state index >= 15 is 0 Å². The van der Waals surface area contributed by atoms with Crippen molar-refractivity contribution in [2.45, 2.75) is 37.6 Å². The van der Waals surface area contributed by atoms with E-state index in [0.717, 1.165) is 12.8 Å². The number of aliphatic carboxylic acids is 1. The molecule has 1 amide bonds. The summed E-state index contributed by atoms with van der Waals surface area (Å²) in [6.07, 6.45) is 1.80. The lowest BCUT2D eigenvalue weighted by Crippen LogP contribution is -2.45. The van der Waals surface area contributed by atoms with Gasteiger partial charge in [-0.25, -0.2) is 0 Å². The smallest absolute Gasteiger partial charge is 0.306 e. The predicted molar refractivity (Wildman–Crippen MR) is 88.5 cm³/mol. The van der Waals surface area contributed by atoms with Crippen molar-refractivity contribution in [3.05, 3.63) is 47.3 Å². The van der Waals surface area contributed by atoms with E-state index < -0.39 is 17.4 Å². The average molecular weight is 344 g/mol. The summed E-state index contributed by atoms with van der Waals surface area (Å²) in [6, 6.07) is 8.60. The highest BCUT2D eigenvalue weighted by Gasteiger charge is 2.34. The van der Waals surface area contributed by atoms with Crippen LogP contribution in [0.15, 0.2) is 34.9 Å². The molecule has 0 spiro atoms. The van der Waals surface area contributed by atoms with Crippen molar-refractivity contribution >= 4 is 11.9 Å². The van der Waals surface area contributed by atoms with Crippen molar-refractivity contribution in [1.29, 1.82) is 0 Å². The second-order valence-corrected chi connectivity index (χ2v) is 6.48. The molecule has 132 valence electrons. The molecular formula is C18H20N2O5. The minimum Gasteiger partial charge on any atom is -0.497 e. The third-order valence-electron chi connectivity index (χ3n) is 4.34. The molecule has 1 unspecified atom stereocenters. The molecule has 1 heterocycles. The monoisotopic (exact) mass is 344 g/mol. The Hall–Kier alpha value is -2.83. The predicted octanol–water partition coefficient (Wildman–Crippen LogP) is 2.68. The van der Waals surface area contributed by atoms with Gasteiger partial charge in [-0.1, -0.05) is 17.3 Å². The molecule has 1 fully saturated rings. The zero-order valence-corrected chi connectivity index (χ0v) is 14.1.